The molecule has 1 rings (SSSR count). The summed E-state index contributed by atoms with van der Waals surface area (Å²) < 4.78 is 15.5. The fraction of sp³-hybridized carbons (Fsp3) is 0.467. The predicted molar refractivity (Wildman–Crippen MR) is 85.4 cm³/mol. The molecule has 23 heavy (non-hydrogen) atoms. The first-order valence-electron chi connectivity index (χ1n) is 6.79. The van der Waals surface area contributed by atoms with Gasteiger partial charge >= 0.3 is 0 Å². The number of hydrogen-bond donors (Lipinski definition) is 1. The Morgan fingerprint density at radius 2 is 1.74 bits per heavy atom. The number of thioether (sulfide) groups is 1. The van der Waals surface area contributed by atoms with Crippen molar-refractivity contribution in [3.8, 4) is 17.2 Å². The maximum absolute atomic E-state index is 12.3. The molecular weight excluding hydrogens is 322 g/mol. The van der Waals surface area contributed by atoms with Gasteiger partial charge in [0.2, 0.25) is 5.75 Å². The molecule has 1 aromatic rings. The highest BCUT2D eigenvalue weighted by molar-refractivity contribution is 7.98. The maximum atomic E-state index is 12.3. The van der Waals surface area contributed by atoms with E-state index in [0.29, 0.717) is 23.0 Å². The van der Waals surface area contributed by atoms with E-state index in [0.717, 1.165) is 0 Å². The van der Waals surface area contributed by atoms with E-state index < -0.39 is 17.9 Å². The van der Waals surface area contributed by atoms with Crippen molar-refractivity contribution in [3.05, 3.63) is 17.7 Å². The van der Waals surface area contributed by atoms with Crippen LogP contribution in [0.5, 0.6) is 17.2 Å². The molecule has 8 heteroatoms. The first-order chi connectivity index (χ1) is 11.0. The van der Waals surface area contributed by atoms with E-state index in [2.05, 4.69) is 5.32 Å². The van der Waals surface area contributed by atoms with Crippen molar-refractivity contribution in [2.45, 2.75) is 12.5 Å². The maximum Gasteiger partial charge on any atom is 0.252 e. The first kappa shape index (κ1) is 19.0. The summed E-state index contributed by atoms with van der Waals surface area (Å²) >= 11 is 1.49. The number of aliphatic carboxylic acids is 1. The van der Waals surface area contributed by atoms with Crippen LogP contribution in [0.1, 0.15) is 16.8 Å². The van der Waals surface area contributed by atoms with Crippen LogP contribution < -0.4 is 24.6 Å². The van der Waals surface area contributed by atoms with Crippen LogP contribution in [-0.2, 0) is 4.79 Å². The van der Waals surface area contributed by atoms with Crippen LogP contribution in [0, 0.1) is 0 Å². The predicted octanol–water partition coefficient (Wildman–Crippen LogP) is 0.314. The topological polar surface area (TPSA) is 96.9 Å². The summed E-state index contributed by atoms with van der Waals surface area (Å²) in [5, 5.41) is 13.6. The summed E-state index contributed by atoms with van der Waals surface area (Å²) in [6.45, 7) is 0. The van der Waals surface area contributed by atoms with Gasteiger partial charge in [0.1, 0.15) is 0 Å². The van der Waals surface area contributed by atoms with E-state index in [4.69, 9.17) is 14.2 Å². The van der Waals surface area contributed by atoms with E-state index in [-0.39, 0.29) is 12.0 Å². The molecule has 0 radical (unpaired) electrons. The van der Waals surface area contributed by atoms with Crippen LogP contribution in [0.2, 0.25) is 0 Å². The molecule has 1 atom stereocenters. The fourth-order valence-electron chi connectivity index (χ4n) is 1.94. The summed E-state index contributed by atoms with van der Waals surface area (Å²) in [4.78, 5) is 23.4. The minimum absolute atomic E-state index is 0.204. The Kier molecular flexibility index (Phi) is 7.53. The quantitative estimate of drug-likeness (QED) is 0.690. The van der Waals surface area contributed by atoms with Crippen molar-refractivity contribution < 1.29 is 28.9 Å². The second-order valence-electron chi connectivity index (χ2n) is 4.54. The summed E-state index contributed by atoms with van der Waals surface area (Å²) in [5.41, 5.74) is 0.204. The Hall–Kier alpha value is -2.09. The van der Waals surface area contributed by atoms with Crippen molar-refractivity contribution in [2.24, 2.45) is 0 Å². The lowest BCUT2D eigenvalue weighted by Gasteiger charge is -2.20. The van der Waals surface area contributed by atoms with E-state index in [1.165, 1.54) is 45.2 Å². The molecule has 1 N–H and O–H groups in total. The minimum atomic E-state index is -1.32. The molecule has 7 nitrogen and oxygen atoms in total. The Balaban J connectivity index is 3.04. The van der Waals surface area contributed by atoms with Gasteiger partial charge in [0.05, 0.1) is 33.3 Å². The lowest BCUT2D eigenvalue weighted by atomic mass is 10.1. The molecule has 0 bridgehead atoms. The van der Waals surface area contributed by atoms with E-state index in [1.54, 1.807) is 0 Å². The standard InChI is InChI=1S/C15H21NO6S/c1-20-11-7-9(8-12(21-2)13(11)22-3)14(17)16-10(15(18)19)5-6-23-4/h7-8,10H,5-6H2,1-4H3,(H,16,17)(H,18,19)/p-1. The Bertz CT molecular complexity index is 538. The van der Waals surface area contributed by atoms with Crippen LogP contribution in [0.4, 0.5) is 0 Å². The van der Waals surface area contributed by atoms with Gasteiger partial charge in [-0.2, -0.15) is 11.8 Å². The van der Waals surface area contributed by atoms with E-state index in [1.807, 2.05) is 6.26 Å². The van der Waals surface area contributed by atoms with Crippen LogP contribution in [0.25, 0.3) is 0 Å². The average molecular weight is 342 g/mol. The smallest absolute Gasteiger partial charge is 0.252 e. The van der Waals surface area contributed by atoms with Crippen LogP contribution >= 0.6 is 11.8 Å². The number of nitrogens with one attached hydrogen (secondary N) is 1. The monoisotopic (exact) mass is 342 g/mol. The van der Waals surface area contributed by atoms with Gasteiger partial charge in [-0.3, -0.25) is 4.79 Å². The Labute approximate surface area is 139 Å². The number of carboxylic acids is 1. The molecule has 0 heterocycles. The zero-order valence-electron chi connectivity index (χ0n) is 13.5. The van der Waals surface area contributed by atoms with Crippen LogP contribution in [0.3, 0.4) is 0 Å². The normalized spacial score (nSPS) is 11.5. The Morgan fingerprint density at radius 1 is 1.17 bits per heavy atom. The SMILES string of the molecule is COc1cc(C(=O)NC(CCSC)C(=O)[O-])cc(OC)c1OC. The van der Waals surface area contributed by atoms with Crippen molar-refractivity contribution >= 4 is 23.6 Å². The number of benzene rings is 1. The van der Waals surface area contributed by atoms with Gasteiger partial charge in [-0.15, -0.1) is 0 Å². The lowest BCUT2D eigenvalue weighted by Crippen LogP contribution is -2.48. The van der Waals surface area contributed by atoms with Gasteiger partial charge < -0.3 is 29.4 Å². The summed E-state index contributed by atoms with van der Waals surface area (Å²) in [7, 11) is 4.32. The zero-order valence-corrected chi connectivity index (χ0v) is 14.3. The van der Waals surface area contributed by atoms with Gasteiger partial charge in [-0.1, -0.05) is 0 Å². The largest absolute Gasteiger partial charge is 0.548 e. The van der Waals surface area contributed by atoms with E-state index >= 15 is 0 Å². The summed E-state index contributed by atoms with van der Waals surface area (Å²) in [5.74, 6) is -0.309. The molecule has 0 aliphatic heterocycles. The molecule has 0 saturated carbocycles. The van der Waals surface area contributed by atoms with Crippen molar-refractivity contribution in [1.29, 1.82) is 0 Å². The number of rotatable bonds is 9. The fourth-order valence-corrected chi connectivity index (χ4v) is 2.41. The second-order valence-corrected chi connectivity index (χ2v) is 5.53. The second kappa shape index (κ2) is 9.14. The summed E-state index contributed by atoms with van der Waals surface area (Å²) in [6, 6.07) is 1.85. The highest BCUT2D eigenvalue weighted by Crippen LogP contribution is 2.38. The number of carboxylic acid groups (broad SMARTS) is 1. The molecule has 0 aromatic heterocycles. The summed E-state index contributed by atoms with van der Waals surface area (Å²) in [6.07, 6.45) is 2.13. The molecule has 0 aliphatic rings. The highest BCUT2D eigenvalue weighted by atomic mass is 32.2. The molecule has 0 saturated heterocycles. The van der Waals surface area contributed by atoms with Crippen LogP contribution in [-0.4, -0.2) is 51.3 Å². The van der Waals surface area contributed by atoms with Crippen molar-refractivity contribution in [1.82, 2.24) is 5.32 Å². The number of hydrogen-bond acceptors (Lipinski definition) is 7. The molecular formula is C15H20NO6S-. The average Bonchev–Trinajstić information content (AvgIpc) is 2.56. The molecule has 0 aliphatic carbocycles. The van der Waals surface area contributed by atoms with E-state index in [9.17, 15) is 14.7 Å². The third kappa shape index (κ3) is 4.95. The van der Waals surface area contributed by atoms with Gasteiger partial charge in [0.25, 0.3) is 5.91 Å². The molecule has 0 fully saturated rings. The molecule has 128 valence electrons. The number of methoxy groups -OCH3 is 3. The number of ether oxygens (including phenoxy) is 3. The number of carbonyl (C=O) groups excluding carboxylic acids is 2. The molecule has 1 aromatic carbocycles. The lowest BCUT2D eigenvalue weighted by molar-refractivity contribution is -0.308. The minimum Gasteiger partial charge on any atom is -0.548 e. The van der Waals surface area contributed by atoms with Crippen molar-refractivity contribution in [2.75, 3.05) is 33.3 Å². The number of amides is 1. The van der Waals surface area contributed by atoms with Gasteiger partial charge in [0.15, 0.2) is 11.5 Å². The Morgan fingerprint density at radius 3 is 2.13 bits per heavy atom. The van der Waals surface area contributed by atoms with Crippen LogP contribution in [0.15, 0.2) is 12.1 Å². The van der Waals surface area contributed by atoms with Crippen molar-refractivity contribution in [3.63, 3.8) is 0 Å². The van der Waals surface area contributed by atoms with Gasteiger partial charge in [-0.25, -0.2) is 0 Å². The number of carbonyl (C=O) groups is 2. The molecule has 1 amide bonds. The van der Waals surface area contributed by atoms with Gasteiger partial charge in [0, 0.05) is 5.56 Å². The molecule has 1 unspecified atom stereocenters. The van der Waals surface area contributed by atoms with Gasteiger partial charge in [-0.05, 0) is 30.6 Å². The highest BCUT2D eigenvalue weighted by Gasteiger charge is 2.19. The molecule has 0 spiro atoms. The zero-order chi connectivity index (χ0) is 17.4. The third-order valence-electron chi connectivity index (χ3n) is 3.13. The third-order valence-corrected chi connectivity index (χ3v) is 3.77. The first-order valence-corrected chi connectivity index (χ1v) is 8.18.